The third-order valence-corrected chi connectivity index (χ3v) is 5.29. The fourth-order valence-corrected chi connectivity index (χ4v) is 3.76. The fourth-order valence-electron chi connectivity index (χ4n) is 2.67. The molecule has 0 spiro atoms. The molecule has 1 heterocycles. The van der Waals surface area contributed by atoms with Gasteiger partial charge >= 0.3 is 0 Å². The summed E-state index contributed by atoms with van der Waals surface area (Å²) in [6.07, 6.45) is 1.17. The highest BCUT2D eigenvalue weighted by molar-refractivity contribution is 7.16. The summed E-state index contributed by atoms with van der Waals surface area (Å²) >= 11 is 1.58. The monoisotopic (exact) mass is 338 g/mol. The van der Waals surface area contributed by atoms with Crippen LogP contribution in [-0.2, 0) is 18.3 Å². The molecule has 0 aliphatic rings. The first-order valence-corrected chi connectivity index (χ1v) is 9.07. The predicted molar refractivity (Wildman–Crippen MR) is 100 cm³/mol. The Bertz CT molecular complexity index is 920. The van der Waals surface area contributed by atoms with Gasteiger partial charge in [-0.1, -0.05) is 61.6 Å². The second-order valence-corrected chi connectivity index (χ2v) is 7.33. The lowest BCUT2D eigenvalue weighted by atomic mass is 10.0. The summed E-state index contributed by atoms with van der Waals surface area (Å²) in [5, 5.41) is 0. The molecule has 3 nitrogen and oxygen atoms in total. The molecule has 0 radical (unpaired) electrons. The molecular formula is C20H22N2OS. The van der Waals surface area contributed by atoms with Crippen LogP contribution in [0.3, 0.4) is 0 Å². The van der Waals surface area contributed by atoms with Crippen molar-refractivity contribution in [2.24, 2.45) is 12.0 Å². The normalized spacial score (nSPS) is 12.2. The molecular weight excluding hydrogens is 316 g/mol. The molecule has 0 saturated heterocycles. The van der Waals surface area contributed by atoms with Crippen molar-refractivity contribution in [2.75, 3.05) is 0 Å². The van der Waals surface area contributed by atoms with Crippen LogP contribution < -0.4 is 4.80 Å². The van der Waals surface area contributed by atoms with Gasteiger partial charge in [0.05, 0.1) is 10.2 Å². The van der Waals surface area contributed by atoms with E-state index in [1.54, 1.807) is 11.3 Å². The Morgan fingerprint density at radius 2 is 1.92 bits per heavy atom. The number of aromatic nitrogens is 1. The van der Waals surface area contributed by atoms with Gasteiger partial charge in [-0.3, -0.25) is 4.79 Å². The number of benzene rings is 2. The van der Waals surface area contributed by atoms with Crippen LogP contribution in [-0.4, -0.2) is 10.5 Å². The number of rotatable bonds is 4. The molecule has 0 bridgehead atoms. The van der Waals surface area contributed by atoms with Gasteiger partial charge in [0.15, 0.2) is 4.80 Å². The highest BCUT2D eigenvalue weighted by atomic mass is 32.1. The molecule has 124 valence electrons. The van der Waals surface area contributed by atoms with Gasteiger partial charge in [-0.25, -0.2) is 0 Å². The zero-order valence-electron chi connectivity index (χ0n) is 14.3. The highest BCUT2D eigenvalue weighted by Gasteiger charge is 2.08. The van der Waals surface area contributed by atoms with Crippen LogP contribution in [0.1, 0.15) is 37.3 Å². The topological polar surface area (TPSA) is 34.4 Å². The van der Waals surface area contributed by atoms with Gasteiger partial charge in [0.25, 0.3) is 0 Å². The fraction of sp³-hybridized carbons (Fsp3) is 0.300. The summed E-state index contributed by atoms with van der Waals surface area (Å²) in [5.74, 6) is 0.430. The second kappa shape index (κ2) is 7.14. The molecule has 1 aromatic heterocycles. The van der Waals surface area contributed by atoms with E-state index in [0.717, 1.165) is 16.7 Å². The van der Waals surface area contributed by atoms with Crippen molar-refractivity contribution in [3.63, 3.8) is 0 Å². The number of thiazole rings is 1. The number of amides is 1. The first kappa shape index (κ1) is 16.7. The number of hydrogen-bond acceptors (Lipinski definition) is 2. The van der Waals surface area contributed by atoms with Crippen LogP contribution in [0.15, 0.2) is 53.5 Å². The van der Waals surface area contributed by atoms with Gasteiger partial charge in [0.1, 0.15) is 0 Å². The highest BCUT2D eigenvalue weighted by Crippen LogP contribution is 2.23. The van der Waals surface area contributed by atoms with Crippen molar-refractivity contribution in [1.29, 1.82) is 0 Å². The molecule has 0 aliphatic heterocycles. The molecule has 3 rings (SSSR count). The van der Waals surface area contributed by atoms with Crippen LogP contribution in [0.2, 0.25) is 0 Å². The number of aryl methyl sites for hydroxylation is 2. The van der Waals surface area contributed by atoms with E-state index in [4.69, 9.17) is 0 Å². The smallest absolute Gasteiger partial charge is 0.248 e. The minimum atomic E-state index is -0.0647. The molecule has 24 heavy (non-hydrogen) atoms. The Hall–Kier alpha value is -2.20. The number of carbonyl (C=O) groups is 1. The van der Waals surface area contributed by atoms with Crippen molar-refractivity contribution < 1.29 is 4.79 Å². The van der Waals surface area contributed by atoms with Crippen LogP contribution in [0, 0.1) is 0 Å². The molecule has 0 saturated carbocycles. The number of nitrogens with zero attached hydrogens (tertiary/aromatic N) is 2. The van der Waals surface area contributed by atoms with Gasteiger partial charge in [0, 0.05) is 13.5 Å². The maximum Gasteiger partial charge on any atom is 0.248 e. The summed E-state index contributed by atoms with van der Waals surface area (Å²) in [5.41, 5.74) is 3.61. The van der Waals surface area contributed by atoms with Gasteiger partial charge < -0.3 is 4.57 Å². The number of hydrogen-bond donors (Lipinski definition) is 0. The summed E-state index contributed by atoms with van der Waals surface area (Å²) in [7, 11) is 1.97. The number of fused-ring (bicyclic) bond motifs is 1. The third kappa shape index (κ3) is 3.65. The van der Waals surface area contributed by atoms with Crippen molar-refractivity contribution in [3.8, 4) is 0 Å². The van der Waals surface area contributed by atoms with Crippen LogP contribution >= 0.6 is 11.3 Å². The van der Waals surface area contributed by atoms with E-state index in [0.29, 0.717) is 12.3 Å². The molecule has 0 unspecified atom stereocenters. The minimum absolute atomic E-state index is 0.0647. The molecule has 3 aromatic rings. The summed E-state index contributed by atoms with van der Waals surface area (Å²) in [4.78, 5) is 17.3. The quantitative estimate of drug-likeness (QED) is 0.693. The van der Waals surface area contributed by atoms with E-state index in [9.17, 15) is 4.79 Å². The lowest BCUT2D eigenvalue weighted by molar-refractivity contribution is -0.118. The van der Waals surface area contributed by atoms with Crippen LogP contribution in [0.25, 0.3) is 10.2 Å². The molecule has 0 atom stereocenters. The molecule has 0 fully saturated rings. The van der Waals surface area contributed by atoms with Gasteiger partial charge in [-0.05, 0) is 35.6 Å². The largest absolute Gasteiger partial charge is 0.319 e. The molecule has 0 N–H and O–H groups in total. The maximum absolute atomic E-state index is 12.2. The van der Waals surface area contributed by atoms with E-state index < -0.39 is 0 Å². The van der Waals surface area contributed by atoms with Crippen LogP contribution in [0.4, 0.5) is 0 Å². The number of carbonyl (C=O) groups excluding carboxylic acids is 1. The zero-order chi connectivity index (χ0) is 17.1. The first-order valence-electron chi connectivity index (χ1n) is 8.25. The van der Waals surface area contributed by atoms with E-state index in [1.807, 2.05) is 41.9 Å². The summed E-state index contributed by atoms with van der Waals surface area (Å²) in [6, 6.07) is 16.5. The van der Waals surface area contributed by atoms with E-state index in [2.05, 4.69) is 37.0 Å². The zero-order valence-corrected chi connectivity index (χ0v) is 15.1. The average Bonchev–Trinajstić information content (AvgIpc) is 2.89. The Kier molecular flexibility index (Phi) is 4.95. The van der Waals surface area contributed by atoms with Gasteiger partial charge in [0.2, 0.25) is 5.91 Å². The molecule has 1 amide bonds. The van der Waals surface area contributed by atoms with E-state index in [-0.39, 0.29) is 5.91 Å². The van der Waals surface area contributed by atoms with E-state index >= 15 is 0 Å². The minimum Gasteiger partial charge on any atom is -0.319 e. The van der Waals surface area contributed by atoms with Gasteiger partial charge in [-0.15, -0.1) is 0 Å². The Balaban J connectivity index is 1.83. The van der Waals surface area contributed by atoms with Gasteiger partial charge in [-0.2, -0.15) is 4.99 Å². The third-order valence-electron chi connectivity index (χ3n) is 4.19. The second-order valence-electron chi connectivity index (χ2n) is 6.32. The standard InChI is InChI=1S/C20H22N2OS/c1-14(2)16-10-11-17-18(13-16)24-20(22(17)3)21-19(23)12-9-15-7-5-4-6-8-15/h4-8,10-11,13-14H,9,12H2,1-3H3. The van der Waals surface area contributed by atoms with Crippen molar-refractivity contribution in [3.05, 3.63) is 64.5 Å². The van der Waals surface area contributed by atoms with E-state index in [1.165, 1.54) is 15.8 Å². The Morgan fingerprint density at radius 1 is 1.17 bits per heavy atom. The molecule has 4 heteroatoms. The van der Waals surface area contributed by atoms with Crippen LogP contribution in [0.5, 0.6) is 0 Å². The summed E-state index contributed by atoms with van der Waals surface area (Å²) in [6.45, 7) is 4.38. The predicted octanol–water partition coefficient (Wildman–Crippen LogP) is 4.42. The van der Waals surface area contributed by atoms with Crippen molar-refractivity contribution in [1.82, 2.24) is 4.57 Å². The Morgan fingerprint density at radius 3 is 2.62 bits per heavy atom. The van der Waals surface area contributed by atoms with Crippen molar-refractivity contribution in [2.45, 2.75) is 32.6 Å². The lowest BCUT2D eigenvalue weighted by Gasteiger charge is -2.04. The SMILES string of the molecule is CC(C)c1ccc2c(c1)sc(=NC(=O)CCc1ccccc1)n2C. The summed E-state index contributed by atoms with van der Waals surface area (Å²) < 4.78 is 3.18. The average molecular weight is 338 g/mol. The van der Waals surface area contributed by atoms with Crippen molar-refractivity contribution >= 4 is 27.5 Å². The molecule has 0 aliphatic carbocycles. The lowest BCUT2D eigenvalue weighted by Crippen LogP contribution is -2.13. The molecule has 2 aromatic carbocycles. The maximum atomic E-state index is 12.2. The first-order chi connectivity index (χ1) is 11.5. The Labute approximate surface area is 146 Å².